The van der Waals surface area contributed by atoms with Crippen LogP contribution in [0.2, 0.25) is 0 Å². The Bertz CT molecular complexity index is 1380. The molecule has 7 heteroatoms. The van der Waals surface area contributed by atoms with E-state index in [1.165, 1.54) is 4.68 Å². The summed E-state index contributed by atoms with van der Waals surface area (Å²) < 4.78 is 12.0. The SMILES string of the molecule is COc1ccc(-c2nc3ccccc3c(=O)n2N=Cc2cc(C)c(O)c(C)c2)cc1OC. The van der Waals surface area contributed by atoms with E-state index in [1.807, 2.05) is 19.9 Å². The molecule has 3 aromatic carbocycles. The summed E-state index contributed by atoms with van der Waals surface area (Å²) >= 11 is 0. The zero-order valence-electron chi connectivity index (χ0n) is 18.3. The van der Waals surface area contributed by atoms with Crippen LogP contribution in [0.5, 0.6) is 17.2 Å². The molecule has 0 fully saturated rings. The minimum absolute atomic E-state index is 0.248. The van der Waals surface area contributed by atoms with Crippen molar-refractivity contribution in [2.75, 3.05) is 14.2 Å². The highest BCUT2D eigenvalue weighted by atomic mass is 16.5. The van der Waals surface area contributed by atoms with Gasteiger partial charge in [-0.2, -0.15) is 9.78 Å². The molecule has 0 spiro atoms. The van der Waals surface area contributed by atoms with E-state index < -0.39 is 0 Å². The number of hydrogen-bond donors (Lipinski definition) is 1. The van der Waals surface area contributed by atoms with E-state index in [-0.39, 0.29) is 11.3 Å². The fourth-order valence-electron chi connectivity index (χ4n) is 3.58. The van der Waals surface area contributed by atoms with E-state index in [4.69, 9.17) is 14.5 Å². The first kappa shape index (κ1) is 21.1. The highest BCUT2D eigenvalue weighted by molar-refractivity contribution is 5.83. The van der Waals surface area contributed by atoms with Gasteiger partial charge in [0.1, 0.15) is 5.75 Å². The van der Waals surface area contributed by atoms with Crippen molar-refractivity contribution in [2.24, 2.45) is 5.10 Å². The van der Waals surface area contributed by atoms with Crippen molar-refractivity contribution in [3.8, 4) is 28.6 Å². The lowest BCUT2D eigenvalue weighted by Gasteiger charge is -2.12. The van der Waals surface area contributed by atoms with Crippen LogP contribution in [-0.4, -0.2) is 35.2 Å². The first-order valence-corrected chi connectivity index (χ1v) is 10.0. The number of aryl methyl sites for hydroxylation is 2. The Hall–Kier alpha value is -4.13. The maximum atomic E-state index is 13.3. The van der Waals surface area contributed by atoms with Gasteiger partial charge in [-0.1, -0.05) is 12.1 Å². The first-order chi connectivity index (χ1) is 15.4. The van der Waals surface area contributed by atoms with Gasteiger partial charge in [-0.3, -0.25) is 4.79 Å². The van der Waals surface area contributed by atoms with Gasteiger partial charge in [-0.15, -0.1) is 0 Å². The van der Waals surface area contributed by atoms with E-state index in [1.54, 1.807) is 69.0 Å². The summed E-state index contributed by atoms with van der Waals surface area (Å²) in [5.41, 5.74) is 3.16. The number of phenolic OH excluding ortho intramolecular Hbond substituents is 1. The number of nitrogens with zero attached hydrogens (tertiary/aromatic N) is 3. The number of methoxy groups -OCH3 is 2. The van der Waals surface area contributed by atoms with Crippen molar-refractivity contribution in [1.82, 2.24) is 9.66 Å². The van der Waals surface area contributed by atoms with Crippen LogP contribution in [0.1, 0.15) is 16.7 Å². The lowest BCUT2D eigenvalue weighted by atomic mass is 10.1. The Labute approximate surface area is 185 Å². The van der Waals surface area contributed by atoms with Crippen LogP contribution in [0, 0.1) is 13.8 Å². The molecule has 0 aliphatic heterocycles. The van der Waals surface area contributed by atoms with Gasteiger partial charge in [0.25, 0.3) is 5.56 Å². The molecule has 32 heavy (non-hydrogen) atoms. The second kappa shape index (κ2) is 8.55. The van der Waals surface area contributed by atoms with Crippen molar-refractivity contribution in [3.05, 3.63) is 81.6 Å². The normalized spacial score (nSPS) is 11.2. The highest BCUT2D eigenvalue weighted by Gasteiger charge is 2.15. The molecule has 1 N–H and O–H groups in total. The number of hydrogen-bond acceptors (Lipinski definition) is 6. The van der Waals surface area contributed by atoms with Crippen LogP contribution < -0.4 is 15.0 Å². The molecule has 1 aromatic heterocycles. The molecule has 0 atom stereocenters. The van der Waals surface area contributed by atoms with Crippen molar-refractivity contribution in [3.63, 3.8) is 0 Å². The standard InChI is InChI=1S/C25H23N3O4/c1-15-11-17(12-16(2)23(15)29)14-26-28-24(18-9-10-21(31-3)22(13-18)32-4)27-20-8-6-5-7-19(20)25(28)30/h5-14,29H,1-4H3. The minimum Gasteiger partial charge on any atom is -0.507 e. The average Bonchev–Trinajstić information content (AvgIpc) is 2.81. The fraction of sp³-hybridized carbons (Fsp3) is 0.160. The molecular weight excluding hydrogens is 406 g/mol. The van der Waals surface area contributed by atoms with Gasteiger partial charge in [0.2, 0.25) is 0 Å². The molecule has 0 aliphatic rings. The molecule has 0 radical (unpaired) electrons. The monoisotopic (exact) mass is 429 g/mol. The zero-order valence-corrected chi connectivity index (χ0v) is 18.3. The summed E-state index contributed by atoms with van der Waals surface area (Å²) in [5.74, 6) is 1.72. The molecule has 7 nitrogen and oxygen atoms in total. The summed E-state index contributed by atoms with van der Waals surface area (Å²) in [6.07, 6.45) is 1.58. The molecule has 0 unspecified atom stereocenters. The van der Waals surface area contributed by atoms with Crippen molar-refractivity contribution < 1.29 is 14.6 Å². The van der Waals surface area contributed by atoms with Gasteiger partial charge in [0, 0.05) is 5.56 Å². The minimum atomic E-state index is -0.288. The van der Waals surface area contributed by atoms with Crippen LogP contribution >= 0.6 is 0 Å². The van der Waals surface area contributed by atoms with E-state index >= 15 is 0 Å². The molecule has 0 saturated carbocycles. The molecule has 0 saturated heterocycles. The Kier molecular flexibility index (Phi) is 5.64. The van der Waals surface area contributed by atoms with Gasteiger partial charge in [-0.25, -0.2) is 4.98 Å². The fourth-order valence-corrected chi connectivity index (χ4v) is 3.58. The summed E-state index contributed by atoms with van der Waals surface area (Å²) in [5, 5.41) is 15.0. The van der Waals surface area contributed by atoms with Crippen molar-refractivity contribution in [1.29, 1.82) is 0 Å². The topological polar surface area (TPSA) is 85.9 Å². The Morgan fingerprint density at radius 3 is 2.34 bits per heavy atom. The maximum absolute atomic E-state index is 13.3. The molecule has 0 aliphatic carbocycles. The van der Waals surface area contributed by atoms with Crippen LogP contribution in [0.15, 0.2) is 64.5 Å². The van der Waals surface area contributed by atoms with Gasteiger partial charge >= 0.3 is 0 Å². The smallest absolute Gasteiger partial charge is 0.282 e. The first-order valence-electron chi connectivity index (χ1n) is 10.0. The number of aromatic nitrogens is 2. The molecule has 1 heterocycles. The van der Waals surface area contributed by atoms with E-state index in [9.17, 15) is 9.90 Å². The second-order valence-corrected chi connectivity index (χ2v) is 7.39. The van der Waals surface area contributed by atoms with Crippen LogP contribution in [0.3, 0.4) is 0 Å². The van der Waals surface area contributed by atoms with Crippen molar-refractivity contribution >= 4 is 17.1 Å². The molecule has 4 rings (SSSR count). The predicted molar refractivity (Wildman–Crippen MR) is 125 cm³/mol. The van der Waals surface area contributed by atoms with E-state index in [0.717, 1.165) is 16.7 Å². The Morgan fingerprint density at radius 2 is 1.66 bits per heavy atom. The van der Waals surface area contributed by atoms with Crippen LogP contribution in [-0.2, 0) is 0 Å². The predicted octanol–water partition coefficient (Wildman–Crippen LogP) is 4.29. The van der Waals surface area contributed by atoms with Crippen LogP contribution in [0.4, 0.5) is 0 Å². The van der Waals surface area contributed by atoms with E-state index in [0.29, 0.717) is 33.8 Å². The van der Waals surface area contributed by atoms with Gasteiger partial charge in [-0.05, 0) is 73.0 Å². The second-order valence-electron chi connectivity index (χ2n) is 7.39. The number of para-hydroxylation sites is 1. The molecule has 0 bridgehead atoms. The Balaban J connectivity index is 1.93. The van der Waals surface area contributed by atoms with Crippen molar-refractivity contribution in [2.45, 2.75) is 13.8 Å². The number of aromatic hydroxyl groups is 1. The molecule has 0 amide bonds. The van der Waals surface area contributed by atoms with Gasteiger partial charge in [0.15, 0.2) is 17.3 Å². The molecule has 162 valence electrons. The number of ether oxygens (including phenoxy) is 2. The zero-order chi connectivity index (χ0) is 22.8. The summed E-state index contributed by atoms with van der Waals surface area (Å²) in [4.78, 5) is 18.0. The average molecular weight is 429 g/mol. The third-order valence-corrected chi connectivity index (χ3v) is 5.23. The third kappa shape index (κ3) is 3.80. The third-order valence-electron chi connectivity index (χ3n) is 5.23. The highest BCUT2D eigenvalue weighted by Crippen LogP contribution is 2.32. The molecular formula is C25H23N3O4. The lowest BCUT2D eigenvalue weighted by Crippen LogP contribution is -2.20. The quantitative estimate of drug-likeness (QED) is 0.479. The largest absolute Gasteiger partial charge is 0.507 e. The van der Waals surface area contributed by atoms with E-state index in [2.05, 4.69) is 5.10 Å². The Morgan fingerprint density at radius 1 is 0.969 bits per heavy atom. The summed E-state index contributed by atoms with van der Waals surface area (Å²) in [7, 11) is 3.11. The number of phenols is 1. The number of rotatable bonds is 5. The summed E-state index contributed by atoms with van der Waals surface area (Å²) in [6, 6.07) is 16.1. The lowest BCUT2D eigenvalue weighted by molar-refractivity contribution is 0.355. The number of fused-ring (bicyclic) bond motifs is 1. The summed E-state index contributed by atoms with van der Waals surface area (Å²) in [6.45, 7) is 3.64. The van der Waals surface area contributed by atoms with Gasteiger partial charge in [0.05, 0.1) is 31.3 Å². The number of benzene rings is 3. The van der Waals surface area contributed by atoms with Gasteiger partial charge < -0.3 is 14.6 Å². The van der Waals surface area contributed by atoms with Crippen LogP contribution in [0.25, 0.3) is 22.3 Å². The molecule has 4 aromatic rings. The maximum Gasteiger partial charge on any atom is 0.282 e.